The summed E-state index contributed by atoms with van der Waals surface area (Å²) < 4.78 is 19.7. The van der Waals surface area contributed by atoms with Crippen LogP contribution in [0.2, 0.25) is 0 Å². The first-order valence-electron chi connectivity index (χ1n) is 11.6. The van der Waals surface area contributed by atoms with Gasteiger partial charge in [-0.1, -0.05) is 30.3 Å². The predicted molar refractivity (Wildman–Crippen MR) is 133 cm³/mol. The van der Waals surface area contributed by atoms with Gasteiger partial charge in [0.05, 0.1) is 24.8 Å². The Kier molecular flexibility index (Phi) is 6.25. The van der Waals surface area contributed by atoms with E-state index in [4.69, 9.17) is 4.74 Å². The summed E-state index contributed by atoms with van der Waals surface area (Å²) in [7, 11) is 1.52. The molecule has 1 unspecified atom stereocenters. The van der Waals surface area contributed by atoms with Crippen LogP contribution in [0.5, 0.6) is 5.75 Å². The van der Waals surface area contributed by atoms with Gasteiger partial charge in [-0.3, -0.25) is 14.4 Å². The number of H-pyrrole nitrogens is 1. The van der Waals surface area contributed by atoms with Crippen molar-refractivity contribution < 1.29 is 23.5 Å². The van der Waals surface area contributed by atoms with Crippen molar-refractivity contribution in [2.75, 3.05) is 18.6 Å². The Morgan fingerprint density at radius 1 is 1.06 bits per heavy atom. The summed E-state index contributed by atoms with van der Waals surface area (Å²) in [5, 5.41) is 1.00. The number of halogens is 1. The number of aromatic amines is 1. The van der Waals surface area contributed by atoms with E-state index in [0.717, 1.165) is 21.4 Å². The molecular formula is C28H24FN3O4. The second kappa shape index (κ2) is 9.65. The molecule has 36 heavy (non-hydrogen) atoms. The zero-order valence-corrected chi connectivity index (χ0v) is 19.6. The Balaban J connectivity index is 1.46. The molecule has 3 amide bonds. The van der Waals surface area contributed by atoms with Gasteiger partial charge in [0.25, 0.3) is 11.8 Å². The maximum Gasteiger partial charge on any atom is 0.257 e. The number of amides is 3. The molecule has 0 spiro atoms. The summed E-state index contributed by atoms with van der Waals surface area (Å²) >= 11 is 0. The lowest BCUT2D eigenvalue weighted by atomic mass is 10.1. The highest BCUT2D eigenvalue weighted by Gasteiger charge is 2.44. The van der Waals surface area contributed by atoms with Crippen LogP contribution in [0.1, 0.15) is 22.3 Å². The average Bonchev–Trinajstić information content (AvgIpc) is 3.44. The van der Waals surface area contributed by atoms with Crippen LogP contribution in [0, 0.1) is 5.82 Å². The quantitative estimate of drug-likeness (QED) is 0.395. The number of aromatic nitrogens is 1. The topological polar surface area (TPSA) is 82.7 Å². The molecule has 7 nitrogen and oxygen atoms in total. The third-order valence-corrected chi connectivity index (χ3v) is 6.49. The van der Waals surface area contributed by atoms with Crippen LogP contribution in [0.4, 0.5) is 10.1 Å². The van der Waals surface area contributed by atoms with Crippen LogP contribution in [0.25, 0.3) is 10.9 Å². The highest BCUT2D eigenvalue weighted by atomic mass is 19.1. The molecule has 1 fully saturated rings. The molecule has 0 bridgehead atoms. The molecule has 182 valence electrons. The maximum absolute atomic E-state index is 14.6. The number of benzene rings is 3. The van der Waals surface area contributed by atoms with Crippen LogP contribution in [-0.2, 0) is 16.0 Å². The van der Waals surface area contributed by atoms with Crippen molar-refractivity contribution in [3.05, 3.63) is 95.9 Å². The lowest BCUT2D eigenvalue weighted by molar-refractivity contribution is -0.122. The molecule has 1 aliphatic heterocycles. The number of fused-ring (bicyclic) bond motifs is 1. The Morgan fingerprint density at radius 2 is 1.78 bits per heavy atom. The minimum atomic E-state index is -1.04. The number of methoxy groups -OCH3 is 1. The Morgan fingerprint density at radius 3 is 2.53 bits per heavy atom. The van der Waals surface area contributed by atoms with Crippen molar-refractivity contribution in [3.63, 3.8) is 0 Å². The van der Waals surface area contributed by atoms with E-state index in [9.17, 15) is 18.8 Å². The fraction of sp³-hybridized carbons (Fsp3) is 0.179. The van der Waals surface area contributed by atoms with Gasteiger partial charge in [-0.15, -0.1) is 0 Å². The van der Waals surface area contributed by atoms with E-state index in [1.807, 2.05) is 30.5 Å². The molecule has 0 saturated carbocycles. The Bertz CT molecular complexity index is 1450. The Hall–Kier alpha value is -4.46. The second-order valence-corrected chi connectivity index (χ2v) is 8.57. The number of ether oxygens (including phenoxy) is 1. The van der Waals surface area contributed by atoms with E-state index in [-0.39, 0.29) is 18.5 Å². The summed E-state index contributed by atoms with van der Waals surface area (Å²) in [4.78, 5) is 45.6. The first-order valence-corrected chi connectivity index (χ1v) is 11.6. The monoisotopic (exact) mass is 485 g/mol. The van der Waals surface area contributed by atoms with Gasteiger partial charge >= 0.3 is 0 Å². The molecule has 4 aromatic rings. The molecule has 1 aromatic heterocycles. The smallest absolute Gasteiger partial charge is 0.257 e. The summed E-state index contributed by atoms with van der Waals surface area (Å²) in [6.45, 7) is 0.134. The van der Waals surface area contributed by atoms with E-state index < -0.39 is 29.6 Å². The van der Waals surface area contributed by atoms with Crippen molar-refractivity contribution in [2.24, 2.45) is 0 Å². The third-order valence-electron chi connectivity index (χ3n) is 6.49. The first kappa shape index (κ1) is 23.3. The van der Waals surface area contributed by atoms with E-state index in [1.54, 1.807) is 30.3 Å². The van der Waals surface area contributed by atoms with Crippen molar-refractivity contribution in [1.29, 1.82) is 0 Å². The predicted octanol–water partition coefficient (Wildman–Crippen LogP) is 4.33. The lowest BCUT2D eigenvalue weighted by Gasteiger charge is -2.28. The summed E-state index contributed by atoms with van der Waals surface area (Å²) in [6, 6.07) is 18.9. The number of anilines is 1. The molecule has 1 aliphatic rings. The van der Waals surface area contributed by atoms with Gasteiger partial charge in [-0.05, 0) is 54.4 Å². The van der Waals surface area contributed by atoms with Crippen LogP contribution in [0.15, 0.2) is 79.0 Å². The molecular weight excluding hydrogens is 461 g/mol. The van der Waals surface area contributed by atoms with Gasteiger partial charge in [0.1, 0.15) is 17.6 Å². The zero-order chi connectivity index (χ0) is 25.2. The highest BCUT2D eigenvalue weighted by Crippen LogP contribution is 2.29. The van der Waals surface area contributed by atoms with Gasteiger partial charge in [0, 0.05) is 23.6 Å². The van der Waals surface area contributed by atoms with Crippen molar-refractivity contribution in [3.8, 4) is 5.75 Å². The zero-order valence-electron chi connectivity index (χ0n) is 19.6. The number of carbonyl (C=O) groups excluding carboxylic acids is 3. The minimum Gasteiger partial charge on any atom is -0.497 e. The van der Waals surface area contributed by atoms with Crippen molar-refractivity contribution in [1.82, 2.24) is 9.88 Å². The van der Waals surface area contributed by atoms with Gasteiger partial charge in [0.2, 0.25) is 5.91 Å². The molecule has 0 radical (unpaired) electrons. The first-order chi connectivity index (χ1) is 17.5. The molecule has 1 N–H and O–H groups in total. The van der Waals surface area contributed by atoms with E-state index in [1.165, 1.54) is 30.2 Å². The number of hydrogen-bond acceptors (Lipinski definition) is 4. The number of para-hydroxylation sites is 1. The standard InChI is InChI=1S/C28H24FN3O4/c1-36-20-12-10-19(11-13-20)32-26(33)16-25(28(32)35)31(27(34)22-7-2-4-8-23(22)29)15-14-18-17-30-24-9-5-3-6-21(18)24/h2-13,17,25,30H,14-16H2,1H3. The lowest BCUT2D eigenvalue weighted by Crippen LogP contribution is -2.46. The van der Waals surface area contributed by atoms with Gasteiger partial charge in [-0.25, -0.2) is 9.29 Å². The number of rotatable bonds is 7. The molecule has 2 heterocycles. The van der Waals surface area contributed by atoms with Crippen LogP contribution < -0.4 is 9.64 Å². The Labute approximate surface area is 207 Å². The number of hydrogen-bond donors (Lipinski definition) is 1. The molecule has 5 rings (SSSR count). The van der Waals surface area contributed by atoms with Gasteiger partial charge < -0.3 is 14.6 Å². The largest absolute Gasteiger partial charge is 0.497 e. The molecule has 0 aliphatic carbocycles. The fourth-order valence-corrected chi connectivity index (χ4v) is 4.63. The normalized spacial score (nSPS) is 15.5. The number of imide groups is 1. The van der Waals surface area contributed by atoms with Gasteiger partial charge in [-0.2, -0.15) is 0 Å². The molecule has 8 heteroatoms. The van der Waals surface area contributed by atoms with Crippen molar-refractivity contribution >= 4 is 34.3 Å². The van der Waals surface area contributed by atoms with Crippen LogP contribution in [-0.4, -0.2) is 47.3 Å². The fourth-order valence-electron chi connectivity index (χ4n) is 4.63. The third kappa shape index (κ3) is 4.22. The van der Waals surface area contributed by atoms with E-state index in [0.29, 0.717) is 17.9 Å². The molecule has 1 saturated heterocycles. The highest BCUT2D eigenvalue weighted by molar-refractivity contribution is 6.23. The van der Waals surface area contributed by atoms with Crippen LogP contribution >= 0.6 is 0 Å². The average molecular weight is 486 g/mol. The van der Waals surface area contributed by atoms with Crippen molar-refractivity contribution in [2.45, 2.75) is 18.9 Å². The van der Waals surface area contributed by atoms with E-state index >= 15 is 0 Å². The van der Waals surface area contributed by atoms with Gasteiger partial charge in [0.15, 0.2) is 0 Å². The summed E-state index contributed by atoms with van der Waals surface area (Å²) in [5.41, 5.74) is 2.17. The van der Waals surface area contributed by atoms with Crippen LogP contribution in [0.3, 0.4) is 0 Å². The summed E-state index contributed by atoms with van der Waals surface area (Å²) in [5.74, 6) is -1.66. The summed E-state index contributed by atoms with van der Waals surface area (Å²) in [6.07, 6.45) is 2.10. The maximum atomic E-state index is 14.6. The second-order valence-electron chi connectivity index (χ2n) is 8.57. The van der Waals surface area contributed by atoms with E-state index in [2.05, 4.69) is 4.98 Å². The number of carbonyl (C=O) groups is 3. The number of nitrogens with zero attached hydrogens (tertiary/aromatic N) is 2. The minimum absolute atomic E-state index is 0.134. The number of nitrogens with one attached hydrogen (secondary N) is 1. The molecule has 1 atom stereocenters. The SMILES string of the molecule is COc1ccc(N2C(=O)CC(N(CCc3c[nH]c4ccccc34)C(=O)c3ccccc3F)C2=O)cc1. The molecule has 3 aromatic carbocycles.